The van der Waals surface area contributed by atoms with E-state index in [0.717, 1.165) is 0 Å². The normalized spacial score (nSPS) is 11.4. The molecule has 3 aromatic carbocycles. The van der Waals surface area contributed by atoms with Crippen LogP contribution < -0.4 is 5.32 Å². The second-order valence-corrected chi connectivity index (χ2v) is 8.96. The predicted octanol–water partition coefficient (Wildman–Crippen LogP) is 6.36. The smallest absolute Gasteiger partial charge is 0.238 e. The number of nitrogens with zero attached hydrogens (tertiary/aromatic N) is 1. The van der Waals surface area contributed by atoms with E-state index < -0.39 is 15.7 Å². The third kappa shape index (κ3) is 4.05. The van der Waals surface area contributed by atoms with Crippen LogP contribution in [0.1, 0.15) is 0 Å². The van der Waals surface area contributed by atoms with Gasteiger partial charge in [0.2, 0.25) is 26.6 Å². The summed E-state index contributed by atoms with van der Waals surface area (Å²) in [7, 11) is -4.09. The molecule has 0 radical (unpaired) electrons. The average molecular weight is 463 g/mol. The van der Waals surface area contributed by atoms with Gasteiger partial charge < -0.3 is 9.73 Å². The SMILES string of the molecule is O=S(=O)(c1ccc(Cl)cc1)c1nc(-c2ccccc2F)oc1Nc1ccc(Cl)cc1. The molecular weight excluding hydrogens is 450 g/mol. The van der Waals surface area contributed by atoms with E-state index >= 15 is 0 Å². The van der Waals surface area contributed by atoms with Crippen LogP contribution in [0, 0.1) is 5.82 Å². The molecule has 0 amide bonds. The number of hydrogen-bond acceptors (Lipinski definition) is 5. The Balaban J connectivity index is 1.85. The summed E-state index contributed by atoms with van der Waals surface area (Å²) >= 11 is 11.8. The van der Waals surface area contributed by atoms with E-state index in [1.165, 1.54) is 42.5 Å². The lowest BCUT2D eigenvalue weighted by Crippen LogP contribution is -2.05. The van der Waals surface area contributed by atoms with Gasteiger partial charge in [0.25, 0.3) is 0 Å². The number of anilines is 2. The molecule has 4 rings (SSSR count). The zero-order valence-electron chi connectivity index (χ0n) is 15.1. The molecule has 30 heavy (non-hydrogen) atoms. The fraction of sp³-hybridized carbons (Fsp3) is 0. The molecule has 0 saturated carbocycles. The molecule has 4 aromatic rings. The van der Waals surface area contributed by atoms with Gasteiger partial charge in [0, 0.05) is 15.7 Å². The molecule has 0 aliphatic heterocycles. The molecule has 1 N–H and O–H groups in total. The van der Waals surface area contributed by atoms with Crippen LogP contribution >= 0.6 is 23.2 Å². The molecular formula is C21H13Cl2FN2O3S. The van der Waals surface area contributed by atoms with E-state index in [2.05, 4.69) is 10.3 Å². The van der Waals surface area contributed by atoms with Crippen LogP contribution in [0.2, 0.25) is 10.0 Å². The van der Waals surface area contributed by atoms with Gasteiger partial charge in [-0.05, 0) is 60.7 Å². The molecule has 9 heteroatoms. The quantitative estimate of drug-likeness (QED) is 0.373. The molecule has 0 atom stereocenters. The summed E-state index contributed by atoms with van der Waals surface area (Å²) < 4.78 is 46.3. The molecule has 0 bridgehead atoms. The zero-order valence-corrected chi connectivity index (χ0v) is 17.5. The van der Waals surface area contributed by atoms with Gasteiger partial charge in [0.05, 0.1) is 10.5 Å². The largest absolute Gasteiger partial charge is 0.419 e. The van der Waals surface area contributed by atoms with E-state index in [9.17, 15) is 12.8 Å². The lowest BCUT2D eigenvalue weighted by atomic mass is 10.2. The number of rotatable bonds is 5. The van der Waals surface area contributed by atoms with Crippen LogP contribution in [0.5, 0.6) is 0 Å². The predicted molar refractivity (Wildman–Crippen MR) is 114 cm³/mol. The van der Waals surface area contributed by atoms with Crippen molar-refractivity contribution in [1.29, 1.82) is 0 Å². The summed E-state index contributed by atoms with van der Waals surface area (Å²) in [6.45, 7) is 0. The molecule has 0 fully saturated rings. The summed E-state index contributed by atoms with van der Waals surface area (Å²) in [5.41, 5.74) is 0.553. The molecule has 5 nitrogen and oxygen atoms in total. The molecule has 1 heterocycles. The minimum atomic E-state index is -4.09. The van der Waals surface area contributed by atoms with E-state index in [0.29, 0.717) is 15.7 Å². The number of sulfone groups is 1. The zero-order chi connectivity index (χ0) is 21.3. The maximum absolute atomic E-state index is 14.3. The van der Waals surface area contributed by atoms with Crippen LogP contribution in [0.3, 0.4) is 0 Å². The van der Waals surface area contributed by atoms with Gasteiger partial charge in [0.15, 0.2) is 0 Å². The molecule has 0 saturated heterocycles. The Morgan fingerprint density at radius 2 is 1.47 bits per heavy atom. The lowest BCUT2D eigenvalue weighted by Gasteiger charge is -2.06. The minimum Gasteiger partial charge on any atom is -0.419 e. The van der Waals surface area contributed by atoms with E-state index in [-0.39, 0.29) is 27.3 Å². The Morgan fingerprint density at radius 1 is 0.867 bits per heavy atom. The second kappa shape index (κ2) is 8.10. The Kier molecular flexibility index (Phi) is 5.51. The van der Waals surface area contributed by atoms with E-state index in [1.54, 1.807) is 30.3 Å². The van der Waals surface area contributed by atoms with Crippen molar-refractivity contribution in [3.63, 3.8) is 0 Å². The first-order chi connectivity index (χ1) is 14.3. The first-order valence-corrected chi connectivity index (χ1v) is 10.9. The maximum atomic E-state index is 14.3. The van der Waals surface area contributed by atoms with Crippen molar-refractivity contribution < 1.29 is 17.2 Å². The highest BCUT2D eigenvalue weighted by molar-refractivity contribution is 7.91. The van der Waals surface area contributed by atoms with Gasteiger partial charge in [-0.2, -0.15) is 4.98 Å². The Morgan fingerprint density at radius 3 is 2.10 bits per heavy atom. The number of oxazole rings is 1. The molecule has 0 spiro atoms. The van der Waals surface area contributed by atoms with Gasteiger partial charge >= 0.3 is 0 Å². The Labute approximate surface area is 182 Å². The van der Waals surface area contributed by atoms with Crippen LogP contribution in [0.4, 0.5) is 16.0 Å². The molecule has 0 aliphatic rings. The van der Waals surface area contributed by atoms with Crippen molar-refractivity contribution in [3.8, 4) is 11.5 Å². The van der Waals surface area contributed by atoms with Crippen LogP contribution in [0.25, 0.3) is 11.5 Å². The fourth-order valence-corrected chi connectivity index (χ4v) is 4.22. The molecule has 1 aromatic heterocycles. The maximum Gasteiger partial charge on any atom is 0.238 e. The topological polar surface area (TPSA) is 72.2 Å². The summed E-state index contributed by atoms with van der Waals surface area (Å²) in [4.78, 5) is 4.08. The minimum absolute atomic E-state index is 0.0283. The Hall–Kier alpha value is -2.87. The van der Waals surface area contributed by atoms with Gasteiger partial charge in [-0.25, -0.2) is 12.8 Å². The van der Waals surface area contributed by atoms with Crippen molar-refractivity contribution >= 4 is 44.6 Å². The number of aromatic nitrogens is 1. The van der Waals surface area contributed by atoms with Crippen molar-refractivity contribution in [3.05, 3.63) is 88.7 Å². The third-order valence-electron chi connectivity index (χ3n) is 4.18. The molecule has 0 aliphatic carbocycles. The second-order valence-electron chi connectivity index (χ2n) is 6.22. The van der Waals surface area contributed by atoms with Crippen LogP contribution in [-0.4, -0.2) is 13.4 Å². The Bertz CT molecular complexity index is 1310. The highest BCUT2D eigenvalue weighted by atomic mass is 35.5. The summed E-state index contributed by atoms with van der Waals surface area (Å²) in [6, 6.07) is 18.0. The highest BCUT2D eigenvalue weighted by Crippen LogP contribution is 2.35. The highest BCUT2D eigenvalue weighted by Gasteiger charge is 2.29. The van der Waals surface area contributed by atoms with Gasteiger partial charge in [-0.15, -0.1) is 0 Å². The van der Waals surface area contributed by atoms with Gasteiger partial charge in [-0.3, -0.25) is 0 Å². The molecule has 152 valence electrons. The van der Waals surface area contributed by atoms with E-state index in [4.69, 9.17) is 27.6 Å². The number of benzene rings is 3. The standard InChI is InChI=1S/C21H13Cl2FN2O3S/c22-13-5-9-15(10-6-13)25-20-21(30(27,28)16-11-7-14(23)8-12-16)26-19(29-20)17-3-1-2-4-18(17)24/h1-12,25H. The number of nitrogens with one attached hydrogen (secondary N) is 1. The first-order valence-electron chi connectivity index (χ1n) is 8.63. The molecule has 0 unspecified atom stereocenters. The van der Waals surface area contributed by atoms with Crippen molar-refractivity contribution in [2.45, 2.75) is 9.92 Å². The van der Waals surface area contributed by atoms with Crippen molar-refractivity contribution in [2.75, 3.05) is 5.32 Å². The van der Waals surface area contributed by atoms with Crippen molar-refractivity contribution in [2.24, 2.45) is 0 Å². The number of hydrogen-bond donors (Lipinski definition) is 1. The lowest BCUT2D eigenvalue weighted by molar-refractivity contribution is 0.572. The number of halogens is 3. The third-order valence-corrected chi connectivity index (χ3v) is 6.36. The van der Waals surface area contributed by atoms with Gasteiger partial charge in [0.1, 0.15) is 5.82 Å². The van der Waals surface area contributed by atoms with Crippen LogP contribution in [-0.2, 0) is 9.84 Å². The summed E-state index contributed by atoms with van der Waals surface area (Å²) in [5, 5.41) is 3.41. The first kappa shape index (κ1) is 20.4. The van der Waals surface area contributed by atoms with E-state index in [1.807, 2.05) is 0 Å². The fourth-order valence-electron chi connectivity index (χ4n) is 2.71. The van der Waals surface area contributed by atoms with Crippen LogP contribution in [0.15, 0.2) is 87.1 Å². The monoisotopic (exact) mass is 462 g/mol. The average Bonchev–Trinajstić information content (AvgIpc) is 3.15. The van der Waals surface area contributed by atoms with Crippen molar-refractivity contribution in [1.82, 2.24) is 4.98 Å². The summed E-state index contributed by atoms with van der Waals surface area (Å²) in [5.74, 6) is -0.908. The summed E-state index contributed by atoms with van der Waals surface area (Å²) in [6.07, 6.45) is 0. The van der Waals surface area contributed by atoms with Gasteiger partial charge in [-0.1, -0.05) is 35.3 Å².